The predicted octanol–water partition coefficient (Wildman–Crippen LogP) is 4.03. The summed E-state index contributed by atoms with van der Waals surface area (Å²) in [6.45, 7) is 5.17. The standard InChI is InChI=1S/C22H32N4O/c1-2-23-22(25-14-8-16-27-19-10-4-3-5-11-19)26-17-21-20-12-7-6-9-18(20)13-15-24-21/h6-7,9,12-13,15,19H,2-5,8,10-11,14,16-17H2,1H3,(H2,23,25,26). The van der Waals surface area contributed by atoms with E-state index >= 15 is 0 Å². The number of guanidine groups is 1. The summed E-state index contributed by atoms with van der Waals surface area (Å²) < 4.78 is 5.99. The molecule has 1 aliphatic rings. The van der Waals surface area contributed by atoms with Gasteiger partial charge in [0, 0.05) is 31.3 Å². The molecule has 0 amide bonds. The van der Waals surface area contributed by atoms with E-state index in [-0.39, 0.29) is 0 Å². The van der Waals surface area contributed by atoms with Crippen molar-refractivity contribution in [1.82, 2.24) is 15.6 Å². The number of hydrogen-bond donors (Lipinski definition) is 2. The highest BCUT2D eigenvalue weighted by Gasteiger charge is 2.13. The summed E-state index contributed by atoms with van der Waals surface area (Å²) in [5.74, 6) is 0.838. The SMILES string of the molecule is CCNC(=NCc1nccc2ccccc12)NCCCOC1CCCCC1. The Kier molecular flexibility index (Phi) is 7.90. The van der Waals surface area contributed by atoms with Crippen molar-refractivity contribution in [3.63, 3.8) is 0 Å². The van der Waals surface area contributed by atoms with Crippen LogP contribution in [0.2, 0.25) is 0 Å². The molecule has 1 aliphatic carbocycles. The minimum Gasteiger partial charge on any atom is -0.378 e. The number of rotatable bonds is 8. The van der Waals surface area contributed by atoms with Crippen LogP contribution in [0.15, 0.2) is 41.5 Å². The van der Waals surface area contributed by atoms with E-state index in [1.165, 1.54) is 42.9 Å². The molecule has 2 aromatic rings. The number of hydrogen-bond acceptors (Lipinski definition) is 3. The molecule has 3 rings (SSSR count). The molecule has 0 radical (unpaired) electrons. The van der Waals surface area contributed by atoms with Crippen LogP contribution < -0.4 is 10.6 Å². The molecule has 0 atom stereocenters. The van der Waals surface area contributed by atoms with Gasteiger partial charge in [-0.25, -0.2) is 4.99 Å². The molecule has 27 heavy (non-hydrogen) atoms. The molecular formula is C22H32N4O. The molecule has 2 N–H and O–H groups in total. The van der Waals surface area contributed by atoms with Crippen LogP contribution in [-0.2, 0) is 11.3 Å². The van der Waals surface area contributed by atoms with Crippen LogP contribution in [-0.4, -0.2) is 36.7 Å². The smallest absolute Gasteiger partial charge is 0.191 e. The first-order valence-corrected chi connectivity index (χ1v) is 10.3. The highest BCUT2D eigenvalue weighted by Crippen LogP contribution is 2.20. The van der Waals surface area contributed by atoms with E-state index in [4.69, 9.17) is 9.73 Å². The molecule has 1 heterocycles. The maximum Gasteiger partial charge on any atom is 0.191 e. The molecule has 0 bridgehead atoms. The maximum atomic E-state index is 5.99. The minimum atomic E-state index is 0.484. The zero-order valence-corrected chi connectivity index (χ0v) is 16.4. The first-order chi connectivity index (χ1) is 13.4. The molecule has 1 aromatic carbocycles. The van der Waals surface area contributed by atoms with Crippen LogP contribution in [0.1, 0.15) is 51.1 Å². The van der Waals surface area contributed by atoms with Crippen LogP contribution in [0.25, 0.3) is 10.8 Å². The quantitative estimate of drug-likeness (QED) is 0.420. The molecule has 5 heteroatoms. The van der Waals surface area contributed by atoms with Crippen molar-refractivity contribution in [2.75, 3.05) is 19.7 Å². The van der Waals surface area contributed by atoms with Gasteiger partial charge in [-0.15, -0.1) is 0 Å². The largest absolute Gasteiger partial charge is 0.378 e. The van der Waals surface area contributed by atoms with Crippen LogP contribution >= 0.6 is 0 Å². The first kappa shape index (κ1) is 19.6. The van der Waals surface area contributed by atoms with E-state index in [9.17, 15) is 0 Å². The Morgan fingerprint density at radius 3 is 2.85 bits per heavy atom. The van der Waals surface area contributed by atoms with Gasteiger partial charge >= 0.3 is 0 Å². The van der Waals surface area contributed by atoms with Gasteiger partial charge in [0.05, 0.1) is 18.3 Å². The monoisotopic (exact) mass is 368 g/mol. The van der Waals surface area contributed by atoms with Gasteiger partial charge < -0.3 is 15.4 Å². The average Bonchev–Trinajstić information content (AvgIpc) is 2.72. The fourth-order valence-electron chi connectivity index (χ4n) is 3.56. The van der Waals surface area contributed by atoms with E-state index < -0.39 is 0 Å². The second kappa shape index (κ2) is 10.9. The summed E-state index contributed by atoms with van der Waals surface area (Å²) in [7, 11) is 0. The molecule has 0 aliphatic heterocycles. The maximum absolute atomic E-state index is 5.99. The summed E-state index contributed by atoms with van der Waals surface area (Å²) in [6, 6.07) is 10.4. The van der Waals surface area contributed by atoms with E-state index in [1.54, 1.807) is 0 Å². The molecule has 1 fully saturated rings. The highest BCUT2D eigenvalue weighted by atomic mass is 16.5. The fraction of sp³-hybridized carbons (Fsp3) is 0.545. The Morgan fingerprint density at radius 1 is 1.15 bits per heavy atom. The van der Waals surface area contributed by atoms with E-state index in [1.807, 2.05) is 18.3 Å². The van der Waals surface area contributed by atoms with Gasteiger partial charge in [-0.2, -0.15) is 0 Å². The molecular weight excluding hydrogens is 336 g/mol. The molecule has 1 saturated carbocycles. The number of benzene rings is 1. The number of aliphatic imine (C=N–C) groups is 1. The Bertz CT molecular complexity index is 720. The minimum absolute atomic E-state index is 0.484. The van der Waals surface area contributed by atoms with Gasteiger partial charge in [0.25, 0.3) is 0 Å². The lowest BCUT2D eigenvalue weighted by atomic mass is 9.98. The lowest BCUT2D eigenvalue weighted by Gasteiger charge is -2.22. The molecule has 0 saturated heterocycles. The third-order valence-corrected chi connectivity index (χ3v) is 5.01. The van der Waals surface area contributed by atoms with Gasteiger partial charge in [-0.3, -0.25) is 4.98 Å². The van der Waals surface area contributed by atoms with E-state index in [0.717, 1.165) is 37.8 Å². The van der Waals surface area contributed by atoms with Gasteiger partial charge in [0.1, 0.15) is 0 Å². The number of aromatic nitrogens is 1. The molecule has 0 unspecified atom stereocenters. The molecule has 0 spiro atoms. The first-order valence-electron chi connectivity index (χ1n) is 10.3. The zero-order chi connectivity index (χ0) is 18.7. The van der Waals surface area contributed by atoms with E-state index in [0.29, 0.717) is 12.6 Å². The number of pyridine rings is 1. The summed E-state index contributed by atoms with van der Waals surface area (Å²) >= 11 is 0. The van der Waals surface area contributed by atoms with Crippen molar-refractivity contribution in [2.24, 2.45) is 4.99 Å². The average molecular weight is 369 g/mol. The van der Waals surface area contributed by atoms with Crippen molar-refractivity contribution in [1.29, 1.82) is 0 Å². The van der Waals surface area contributed by atoms with E-state index in [2.05, 4.69) is 40.7 Å². The van der Waals surface area contributed by atoms with Crippen molar-refractivity contribution >= 4 is 16.7 Å². The second-order valence-corrected chi connectivity index (χ2v) is 7.09. The molecule has 5 nitrogen and oxygen atoms in total. The summed E-state index contributed by atoms with van der Waals surface area (Å²) in [5, 5.41) is 9.09. The van der Waals surface area contributed by atoms with Gasteiger partial charge in [0.15, 0.2) is 5.96 Å². The Balaban J connectivity index is 1.47. The van der Waals surface area contributed by atoms with Gasteiger partial charge in [-0.05, 0) is 37.6 Å². The summed E-state index contributed by atoms with van der Waals surface area (Å²) in [6.07, 6.45) is 9.81. The fourth-order valence-corrected chi connectivity index (χ4v) is 3.56. The topological polar surface area (TPSA) is 58.5 Å². The van der Waals surface area contributed by atoms with Gasteiger partial charge in [-0.1, -0.05) is 43.5 Å². The van der Waals surface area contributed by atoms with Crippen LogP contribution in [0.3, 0.4) is 0 Å². The zero-order valence-electron chi connectivity index (χ0n) is 16.4. The van der Waals surface area contributed by atoms with Crippen LogP contribution in [0.5, 0.6) is 0 Å². The normalized spacial score (nSPS) is 15.8. The lowest BCUT2D eigenvalue weighted by molar-refractivity contribution is 0.0277. The van der Waals surface area contributed by atoms with Gasteiger partial charge in [0.2, 0.25) is 0 Å². The number of ether oxygens (including phenoxy) is 1. The Labute approximate surface area is 162 Å². The Hall–Kier alpha value is -2.14. The highest BCUT2D eigenvalue weighted by molar-refractivity contribution is 5.85. The summed E-state index contributed by atoms with van der Waals surface area (Å²) in [5.41, 5.74) is 1.01. The predicted molar refractivity (Wildman–Crippen MR) is 112 cm³/mol. The third-order valence-electron chi connectivity index (χ3n) is 5.01. The van der Waals surface area contributed by atoms with Crippen molar-refractivity contribution in [3.05, 3.63) is 42.2 Å². The van der Waals surface area contributed by atoms with Crippen LogP contribution in [0, 0.1) is 0 Å². The number of nitrogens with one attached hydrogen (secondary N) is 2. The Morgan fingerprint density at radius 2 is 2.00 bits per heavy atom. The number of fused-ring (bicyclic) bond motifs is 1. The summed E-state index contributed by atoms with van der Waals surface area (Å²) in [4.78, 5) is 9.23. The van der Waals surface area contributed by atoms with Crippen molar-refractivity contribution in [2.45, 2.75) is 58.1 Å². The molecule has 1 aromatic heterocycles. The number of nitrogens with zero attached hydrogens (tertiary/aromatic N) is 2. The lowest BCUT2D eigenvalue weighted by Crippen LogP contribution is -2.38. The third kappa shape index (κ3) is 6.21. The van der Waals surface area contributed by atoms with Crippen molar-refractivity contribution < 1.29 is 4.74 Å². The van der Waals surface area contributed by atoms with Crippen molar-refractivity contribution in [3.8, 4) is 0 Å². The molecule has 146 valence electrons. The second-order valence-electron chi connectivity index (χ2n) is 7.09. The van der Waals surface area contributed by atoms with Crippen LogP contribution in [0.4, 0.5) is 0 Å².